The van der Waals surface area contributed by atoms with Crippen molar-refractivity contribution in [3.8, 4) is 11.1 Å². The maximum atomic E-state index is 12.4. The second-order valence-corrected chi connectivity index (χ2v) is 8.57. The van der Waals surface area contributed by atoms with Gasteiger partial charge in [0.15, 0.2) is 0 Å². The number of hydrogen-bond acceptors (Lipinski definition) is 4. The number of carbonyl (C=O) groups is 2. The minimum absolute atomic E-state index is 0.0151. The zero-order valence-electron chi connectivity index (χ0n) is 18.1. The number of benzene rings is 2. The predicted molar refractivity (Wildman–Crippen MR) is 123 cm³/mol. The maximum Gasteiger partial charge on any atom is 0.223 e. The second kappa shape index (κ2) is 10.6. The van der Waals surface area contributed by atoms with Gasteiger partial charge in [-0.05, 0) is 35.4 Å². The van der Waals surface area contributed by atoms with E-state index in [1.807, 2.05) is 48.5 Å². The van der Waals surface area contributed by atoms with Gasteiger partial charge in [-0.2, -0.15) is 0 Å². The SMILES string of the molecule is O=C(C[C@@H]1C=C[C@H](NC(=O)CC2CC2)[C@H](CO)O1)NCc1ccc(-c2ccccc2)cc1. The normalized spacial score (nSPS) is 22.3. The van der Waals surface area contributed by atoms with Gasteiger partial charge in [-0.3, -0.25) is 9.59 Å². The number of rotatable bonds is 9. The molecule has 0 aromatic heterocycles. The molecular weight excluding hydrogens is 404 g/mol. The highest BCUT2D eigenvalue weighted by atomic mass is 16.5. The summed E-state index contributed by atoms with van der Waals surface area (Å²) >= 11 is 0. The molecule has 32 heavy (non-hydrogen) atoms. The fourth-order valence-corrected chi connectivity index (χ4v) is 3.87. The number of aliphatic hydroxyl groups is 1. The lowest BCUT2D eigenvalue weighted by molar-refractivity contribution is -0.128. The van der Waals surface area contributed by atoms with Crippen LogP contribution in [0.3, 0.4) is 0 Å². The molecule has 0 radical (unpaired) electrons. The van der Waals surface area contributed by atoms with Crippen LogP contribution >= 0.6 is 0 Å². The van der Waals surface area contributed by atoms with Crippen LogP contribution in [0.15, 0.2) is 66.7 Å². The third kappa shape index (κ3) is 6.28. The van der Waals surface area contributed by atoms with Gasteiger partial charge in [0, 0.05) is 13.0 Å². The first-order chi connectivity index (χ1) is 15.6. The molecule has 168 valence electrons. The third-order valence-electron chi connectivity index (χ3n) is 5.90. The molecule has 6 nitrogen and oxygen atoms in total. The largest absolute Gasteiger partial charge is 0.394 e. The van der Waals surface area contributed by atoms with Crippen molar-refractivity contribution in [1.29, 1.82) is 0 Å². The Kier molecular flexibility index (Phi) is 7.35. The van der Waals surface area contributed by atoms with Crippen LogP contribution in [0.5, 0.6) is 0 Å². The van der Waals surface area contributed by atoms with Gasteiger partial charge in [0.05, 0.1) is 25.2 Å². The molecule has 0 saturated heterocycles. The van der Waals surface area contributed by atoms with Gasteiger partial charge < -0.3 is 20.5 Å². The Morgan fingerprint density at radius 1 is 0.906 bits per heavy atom. The molecule has 2 amide bonds. The van der Waals surface area contributed by atoms with Crippen molar-refractivity contribution in [2.24, 2.45) is 5.92 Å². The van der Waals surface area contributed by atoms with E-state index in [1.165, 1.54) is 0 Å². The average molecular weight is 435 g/mol. The van der Waals surface area contributed by atoms with Crippen LogP contribution in [0.4, 0.5) is 0 Å². The summed E-state index contributed by atoms with van der Waals surface area (Å²) in [4.78, 5) is 24.5. The summed E-state index contributed by atoms with van der Waals surface area (Å²) in [5.74, 6) is 0.362. The van der Waals surface area contributed by atoms with Crippen molar-refractivity contribution >= 4 is 11.8 Å². The average Bonchev–Trinajstić information content (AvgIpc) is 3.63. The smallest absolute Gasteiger partial charge is 0.223 e. The molecule has 1 heterocycles. The lowest BCUT2D eigenvalue weighted by atomic mass is 10.0. The van der Waals surface area contributed by atoms with Gasteiger partial charge in [0.2, 0.25) is 11.8 Å². The van der Waals surface area contributed by atoms with Crippen molar-refractivity contribution in [3.63, 3.8) is 0 Å². The molecule has 1 saturated carbocycles. The zero-order valence-corrected chi connectivity index (χ0v) is 18.1. The van der Waals surface area contributed by atoms with E-state index in [4.69, 9.17) is 4.74 Å². The van der Waals surface area contributed by atoms with E-state index in [0.29, 0.717) is 18.9 Å². The molecule has 2 aliphatic rings. The van der Waals surface area contributed by atoms with Crippen molar-refractivity contribution in [2.45, 2.75) is 50.5 Å². The Hall–Kier alpha value is -2.96. The van der Waals surface area contributed by atoms with Gasteiger partial charge >= 0.3 is 0 Å². The van der Waals surface area contributed by atoms with Crippen LogP contribution < -0.4 is 10.6 Å². The lowest BCUT2D eigenvalue weighted by Gasteiger charge is -2.31. The predicted octanol–water partition coefficient (Wildman–Crippen LogP) is 2.96. The molecule has 0 unspecified atom stereocenters. The Balaban J connectivity index is 1.24. The molecule has 3 N–H and O–H groups in total. The number of hydrogen-bond donors (Lipinski definition) is 3. The Morgan fingerprint density at radius 3 is 2.31 bits per heavy atom. The van der Waals surface area contributed by atoms with Crippen LogP contribution in [-0.4, -0.2) is 41.8 Å². The standard InChI is InChI=1S/C26H30N2O4/c29-17-24-23(28-26(31)14-18-6-7-18)13-12-22(32-24)15-25(30)27-16-19-8-10-21(11-9-19)20-4-2-1-3-5-20/h1-5,8-13,18,22-24,29H,6-7,14-17H2,(H,27,30)(H,28,31)/t22-,23-,24-/m0/s1. The van der Waals surface area contributed by atoms with E-state index in [1.54, 1.807) is 6.08 Å². The first kappa shape index (κ1) is 22.2. The van der Waals surface area contributed by atoms with Crippen molar-refractivity contribution in [1.82, 2.24) is 10.6 Å². The van der Waals surface area contributed by atoms with E-state index >= 15 is 0 Å². The van der Waals surface area contributed by atoms with Crippen LogP contribution in [0.25, 0.3) is 11.1 Å². The van der Waals surface area contributed by atoms with Crippen LogP contribution in [-0.2, 0) is 20.9 Å². The molecule has 3 atom stereocenters. The van der Waals surface area contributed by atoms with Gasteiger partial charge in [-0.15, -0.1) is 0 Å². The minimum atomic E-state index is -0.550. The summed E-state index contributed by atoms with van der Waals surface area (Å²) in [5, 5.41) is 15.5. The lowest BCUT2D eigenvalue weighted by Crippen LogP contribution is -2.49. The summed E-state index contributed by atoms with van der Waals surface area (Å²) in [6.45, 7) is 0.220. The number of amides is 2. The topological polar surface area (TPSA) is 87.7 Å². The Bertz CT molecular complexity index is 938. The van der Waals surface area contributed by atoms with Crippen LogP contribution in [0.1, 0.15) is 31.2 Å². The molecule has 2 aromatic rings. The van der Waals surface area contributed by atoms with Crippen molar-refractivity contribution < 1.29 is 19.4 Å². The molecule has 4 rings (SSSR count). The number of ether oxygens (including phenoxy) is 1. The highest BCUT2D eigenvalue weighted by Gasteiger charge is 2.31. The highest BCUT2D eigenvalue weighted by Crippen LogP contribution is 2.32. The van der Waals surface area contributed by atoms with Crippen LogP contribution in [0, 0.1) is 5.92 Å². The third-order valence-corrected chi connectivity index (χ3v) is 5.90. The van der Waals surface area contributed by atoms with Gasteiger partial charge in [-0.1, -0.05) is 66.7 Å². The summed E-state index contributed by atoms with van der Waals surface area (Å²) in [6, 6.07) is 17.9. The summed E-state index contributed by atoms with van der Waals surface area (Å²) in [5.41, 5.74) is 3.31. The van der Waals surface area contributed by atoms with Crippen molar-refractivity contribution in [2.75, 3.05) is 6.61 Å². The summed E-state index contributed by atoms with van der Waals surface area (Å²) < 4.78 is 5.84. The summed E-state index contributed by atoms with van der Waals surface area (Å²) in [7, 11) is 0. The first-order valence-corrected chi connectivity index (χ1v) is 11.3. The Morgan fingerprint density at radius 2 is 1.62 bits per heavy atom. The molecule has 0 bridgehead atoms. The zero-order chi connectivity index (χ0) is 22.3. The van der Waals surface area contributed by atoms with Gasteiger partial charge in [0.1, 0.15) is 6.10 Å². The van der Waals surface area contributed by atoms with Gasteiger partial charge in [0.25, 0.3) is 0 Å². The molecule has 1 fully saturated rings. The second-order valence-electron chi connectivity index (χ2n) is 8.57. The van der Waals surface area contributed by atoms with E-state index in [-0.39, 0.29) is 30.9 Å². The first-order valence-electron chi connectivity index (χ1n) is 11.3. The number of carbonyl (C=O) groups excluding carboxylic acids is 2. The van der Waals surface area contributed by atoms with E-state index < -0.39 is 12.2 Å². The molecule has 1 aliphatic carbocycles. The van der Waals surface area contributed by atoms with Gasteiger partial charge in [-0.25, -0.2) is 0 Å². The molecule has 1 aliphatic heterocycles. The molecular formula is C26H30N2O4. The van der Waals surface area contributed by atoms with E-state index in [0.717, 1.165) is 29.5 Å². The summed E-state index contributed by atoms with van der Waals surface area (Å²) in [6.07, 6.45) is 5.57. The van der Waals surface area contributed by atoms with E-state index in [9.17, 15) is 14.7 Å². The molecule has 0 spiro atoms. The number of nitrogens with one attached hydrogen (secondary N) is 2. The number of aliphatic hydroxyl groups excluding tert-OH is 1. The fraction of sp³-hybridized carbons (Fsp3) is 0.385. The maximum absolute atomic E-state index is 12.4. The van der Waals surface area contributed by atoms with E-state index in [2.05, 4.69) is 22.8 Å². The minimum Gasteiger partial charge on any atom is -0.394 e. The monoisotopic (exact) mass is 434 g/mol. The van der Waals surface area contributed by atoms with Crippen molar-refractivity contribution in [3.05, 3.63) is 72.3 Å². The Labute approximate surface area is 188 Å². The fourth-order valence-electron chi connectivity index (χ4n) is 3.87. The van der Waals surface area contributed by atoms with Crippen LogP contribution in [0.2, 0.25) is 0 Å². The molecule has 2 aromatic carbocycles. The molecule has 6 heteroatoms. The highest BCUT2D eigenvalue weighted by molar-refractivity contribution is 5.78. The quantitative estimate of drug-likeness (QED) is 0.530.